The maximum Gasteiger partial charge on any atom is 0.136 e. The van der Waals surface area contributed by atoms with Gasteiger partial charge in [-0.3, -0.25) is 0 Å². The van der Waals surface area contributed by atoms with Gasteiger partial charge in [0.05, 0.1) is 18.3 Å². The van der Waals surface area contributed by atoms with E-state index < -0.39 is 0 Å². The lowest BCUT2D eigenvalue weighted by Crippen LogP contribution is -2.22. The number of ether oxygens (including phenoxy) is 1. The van der Waals surface area contributed by atoms with E-state index in [0.29, 0.717) is 17.7 Å². The van der Waals surface area contributed by atoms with Crippen LogP contribution in [0.4, 0.5) is 5.82 Å². The normalized spacial score (nSPS) is 16.1. The summed E-state index contributed by atoms with van der Waals surface area (Å²) in [5, 5.41) is 3.27. The van der Waals surface area contributed by atoms with Gasteiger partial charge in [0.15, 0.2) is 0 Å². The first-order valence-corrected chi connectivity index (χ1v) is 7.70. The van der Waals surface area contributed by atoms with Gasteiger partial charge in [-0.1, -0.05) is 31.5 Å². The molecule has 20 heavy (non-hydrogen) atoms. The predicted molar refractivity (Wildman–Crippen MR) is 86.2 cm³/mol. The molecule has 5 heteroatoms. The molecule has 1 fully saturated rings. The third-order valence-corrected chi connectivity index (χ3v) is 3.82. The monoisotopic (exact) mass is 293 g/mol. The van der Waals surface area contributed by atoms with Gasteiger partial charge in [-0.15, -0.1) is 0 Å². The van der Waals surface area contributed by atoms with Crippen LogP contribution in [0.1, 0.15) is 43.4 Å². The molecular formula is C15H23N3OS. The minimum absolute atomic E-state index is 0.369. The molecule has 0 aromatic carbocycles. The number of nitrogens with two attached hydrogens (primary N) is 1. The van der Waals surface area contributed by atoms with E-state index in [2.05, 4.69) is 10.3 Å². The summed E-state index contributed by atoms with van der Waals surface area (Å²) in [5.41, 5.74) is 7.45. The Kier molecular flexibility index (Phi) is 5.73. The molecule has 1 saturated carbocycles. The zero-order chi connectivity index (χ0) is 14.4. The van der Waals surface area contributed by atoms with E-state index in [-0.39, 0.29) is 0 Å². The first-order chi connectivity index (χ1) is 9.66. The van der Waals surface area contributed by atoms with Crippen molar-refractivity contribution in [2.24, 2.45) is 5.73 Å². The molecule has 110 valence electrons. The number of thiocarbonyl (C=S) groups is 1. The summed E-state index contributed by atoms with van der Waals surface area (Å²) in [5.74, 6) is 0.754. The Labute approximate surface area is 126 Å². The molecule has 3 N–H and O–H groups in total. The molecule has 1 aromatic heterocycles. The highest BCUT2D eigenvalue weighted by molar-refractivity contribution is 7.80. The Balaban J connectivity index is 1.81. The highest BCUT2D eigenvalue weighted by atomic mass is 32.1. The van der Waals surface area contributed by atoms with Crippen LogP contribution in [0.15, 0.2) is 12.1 Å². The average Bonchev–Trinajstić information content (AvgIpc) is 2.44. The van der Waals surface area contributed by atoms with Gasteiger partial charge in [-0.25, -0.2) is 4.98 Å². The first kappa shape index (κ1) is 15.2. The summed E-state index contributed by atoms with van der Waals surface area (Å²) >= 11 is 5.04. The number of pyridine rings is 1. The minimum atomic E-state index is 0.369. The van der Waals surface area contributed by atoms with Crippen molar-refractivity contribution in [3.05, 3.63) is 23.4 Å². The number of hydrogen-bond acceptors (Lipinski definition) is 4. The second-order valence-electron chi connectivity index (χ2n) is 5.27. The van der Waals surface area contributed by atoms with Crippen molar-refractivity contribution in [2.45, 2.75) is 45.1 Å². The fraction of sp³-hybridized carbons (Fsp3) is 0.600. The molecule has 0 aliphatic heterocycles. The number of hydrogen-bond donors (Lipinski definition) is 2. The largest absolute Gasteiger partial charge is 0.389 e. The SMILES string of the molecule is Cc1ccc(C(N)=S)c(NCCOC2CCCCC2)n1. The van der Waals surface area contributed by atoms with Crippen molar-refractivity contribution < 1.29 is 4.74 Å². The van der Waals surface area contributed by atoms with Crippen molar-refractivity contribution in [1.29, 1.82) is 0 Å². The van der Waals surface area contributed by atoms with Gasteiger partial charge in [0, 0.05) is 12.2 Å². The van der Waals surface area contributed by atoms with Crippen LogP contribution in [0.5, 0.6) is 0 Å². The average molecular weight is 293 g/mol. The van der Waals surface area contributed by atoms with Crippen molar-refractivity contribution in [2.75, 3.05) is 18.5 Å². The van der Waals surface area contributed by atoms with Crippen LogP contribution in [-0.4, -0.2) is 29.2 Å². The third kappa shape index (κ3) is 4.42. The molecule has 0 bridgehead atoms. The lowest BCUT2D eigenvalue weighted by molar-refractivity contribution is 0.0347. The van der Waals surface area contributed by atoms with E-state index in [0.717, 1.165) is 23.6 Å². The van der Waals surface area contributed by atoms with Crippen LogP contribution < -0.4 is 11.1 Å². The van der Waals surface area contributed by atoms with Crippen LogP contribution in [0, 0.1) is 6.92 Å². The standard InChI is InChI=1S/C15H23N3OS/c1-11-7-8-13(14(16)20)15(18-11)17-9-10-19-12-5-3-2-4-6-12/h7-8,12H,2-6,9-10H2,1H3,(H2,16,20)(H,17,18). The van der Waals surface area contributed by atoms with Gasteiger partial charge in [0.2, 0.25) is 0 Å². The summed E-state index contributed by atoms with van der Waals surface area (Å²) in [6.07, 6.45) is 6.77. The maximum atomic E-state index is 5.88. The Morgan fingerprint density at radius 1 is 1.40 bits per heavy atom. The van der Waals surface area contributed by atoms with Gasteiger partial charge in [0.1, 0.15) is 10.8 Å². The van der Waals surface area contributed by atoms with Crippen LogP contribution in [0.25, 0.3) is 0 Å². The van der Waals surface area contributed by atoms with Gasteiger partial charge in [0.25, 0.3) is 0 Å². The van der Waals surface area contributed by atoms with Crippen LogP contribution >= 0.6 is 12.2 Å². The number of nitrogens with one attached hydrogen (secondary N) is 1. The van der Waals surface area contributed by atoms with Crippen molar-refractivity contribution in [1.82, 2.24) is 4.98 Å². The summed E-state index contributed by atoms with van der Waals surface area (Å²) in [7, 11) is 0. The van der Waals surface area contributed by atoms with Crippen molar-refractivity contribution in [3.8, 4) is 0 Å². The maximum absolute atomic E-state index is 5.88. The fourth-order valence-corrected chi connectivity index (χ4v) is 2.68. The Bertz CT molecular complexity index is 458. The lowest BCUT2D eigenvalue weighted by atomic mass is 9.98. The highest BCUT2D eigenvalue weighted by Gasteiger charge is 2.13. The molecule has 2 rings (SSSR count). The Morgan fingerprint density at radius 3 is 2.85 bits per heavy atom. The van der Waals surface area contributed by atoms with Crippen molar-refractivity contribution >= 4 is 23.0 Å². The molecule has 0 saturated heterocycles. The first-order valence-electron chi connectivity index (χ1n) is 7.30. The van der Waals surface area contributed by atoms with Crippen LogP contribution in [0.2, 0.25) is 0 Å². The molecule has 0 radical (unpaired) electrons. The minimum Gasteiger partial charge on any atom is -0.389 e. The number of aryl methyl sites for hydroxylation is 1. The second kappa shape index (κ2) is 7.55. The van der Waals surface area contributed by atoms with Gasteiger partial charge in [-0.2, -0.15) is 0 Å². The molecule has 1 aliphatic carbocycles. The zero-order valence-corrected chi connectivity index (χ0v) is 12.8. The van der Waals surface area contributed by atoms with E-state index >= 15 is 0 Å². The second-order valence-corrected chi connectivity index (χ2v) is 5.71. The van der Waals surface area contributed by atoms with E-state index in [1.54, 1.807) is 0 Å². The van der Waals surface area contributed by atoms with E-state index in [4.69, 9.17) is 22.7 Å². The lowest BCUT2D eigenvalue weighted by Gasteiger charge is -2.22. The van der Waals surface area contributed by atoms with Crippen LogP contribution in [-0.2, 0) is 4.74 Å². The number of anilines is 1. The van der Waals surface area contributed by atoms with Crippen LogP contribution in [0.3, 0.4) is 0 Å². The number of nitrogens with zero attached hydrogens (tertiary/aromatic N) is 1. The summed E-state index contributed by atoms with van der Waals surface area (Å²) < 4.78 is 5.88. The Hall–Kier alpha value is -1.20. The fourth-order valence-electron chi connectivity index (χ4n) is 2.52. The third-order valence-electron chi connectivity index (χ3n) is 3.60. The summed E-state index contributed by atoms with van der Waals surface area (Å²) in [6.45, 7) is 3.37. The summed E-state index contributed by atoms with van der Waals surface area (Å²) in [6, 6.07) is 3.83. The van der Waals surface area contributed by atoms with E-state index in [9.17, 15) is 0 Å². The molecule has 0 amide bonds. The molecule has 1 aliphatic rings. The molecule has 0 spiro atoms. The molecule has 1 heterocycles. The predicted octanol–water partition coefficient (Wildman–Crippen LogP) is 2.79. The molecule has 4 nitrogen and oxygen atoms in total. The quantitative estimate of drug-likeness (QED) is 0.624. The molecule has 1 aromatic rings. The van der Waals surface area contributed by atoms with Gasteiger partial charge in [-0.05, 0) is 31.9 Å². The number of rotatable bonds is 6. The topological polar surface area (TPSA) is 60.2 Å². The van der Waals surface area contributed by atoms with E-state index in [1.807, 2.05) is 19.1 Å². The smallest absolute Gasteiger partial charge is 0.136 e. The van der Waals surface area contributed by atoms with Gasteiger partial charge >= 0.3 is 0 Å². The molecule has 0 atom stereocenters. The highest BCUT2D eigenvalue weighted by Crippen LogP contribution is 2.20. The molecular weight excluding hydrogens is 270 g/mol. The summed E-state index contributed by atoms with van der Waals surface area (Å²) in [4.78, 5) is 4.81. The zero-order valence-electron chi connectivity index (χ0n) is 12.0. The number of aromatic nitrogens is 1. The van der Waals surface area contributed by atoms with Crippen molar-refractivity contribution in [3.63, 3.8) is 0 Å². The molecule has 0 unspecified atom stereocenters. The van der Waals surface area contributed by atoms with E-state index in [1.165, 1.54) is 32.1 Å². The Morgan fingerprint density at radius 2 is 2.15 bits per heavy atom. The van der Waals surface area contributed by atoms with Gasteiger partial charge < -0.3 is 15.8 Å².